The average Bonchev–Trinajstić information content (AvgIpc) is 3.52. The highest BCUT2D eigenvalue weighted by Gasteiger charge is 2.43. The standard InChI is InChI=1S/C26H31F3N6O/c1-34-15-30-22-3-2-17(10-24(22)34)23-11-21(26(27,28)29)25(33-32-23)31-20-8-18-13-35(14-19(18)9-20)12-16-4-6-36-7-5-16/h2-3,10-11,15-16,18-20H,4-9,12-14H2,1H3,(H,31,33). The molecule has 36 heavy (non-hydrogen) atoms. The number of aromatic nitrogens is 4. The predicted molar refractivity (Wildman–Crippen MR) is 130 cm³/mol. The molecule has 2 aromatic heterocycles. The van der Waals surface area contributed by atoms with Crippen molar-refractivity contribution in [3.05, 3.63) is 36.2 Å². The number of halogens is 3. The van der Waals surface area contributed by atoms with Gasteiger partial charge in [0.05, 0.1) is 23.1 Å². The average molecular weight is 501 g/mol. The van der Waals surface area contributed by atoms with E-state index in [0.717, 1.165) is 75.6 Å². The minimum Gasteiger partial charge on any atom is -0.381 e. The van der Waals surface area contributed by atoms with Crippen LogP contribution in [0.4, 0.5) is 19.0 Å². The molecular formula is C26H31F3N6O. The Morgan fingerprint density at radius 1 is 1.06 bits per heavy atom. The summed E-state index contributed by atoms with van der Waals surface area (Å²) in [5.41, 5.74) is 1.62. The van der Waals surface area contributed by atoms with Crippen LogP contribution in [0.3, 0.4) is 0 Å². The van der Waals surface area contributed by atoms with Gasteiger partial charge in [-0.3, -0.25) is 0 Å². The number of alkyl halides is 3. The summed E-state index contributed by atoms with van der Waals surface area (Å²) < 4.78 is 49.5. The summed E-state index contributed by atoms with van der Waals surface area (Å²) in [4.78, 5) is 6.82. The number of hydrogen-bond donors (Lipinski definition) is 1. The van der Waals surface area contributed by atoms with Crippen LogP contribution in [0, 0.1) is 17.8 Å². The number of nitrogens with one attached hydrogen (secondary N) is 1. The van der Waals surface area contributed by atoms with E-state index >= 15 is 0 Å². The fraction of sp³-hybridized carbons (Fsp3) is 0.577. The third-order valence-electron chi connectivity index (χ3n) is 8.15. The van der Waals surface area contributed by atoms with Gasteiger partial charge in [-0.2, -0.15) is 13.2 Å². The van der Waals surface area contributed by atoms with E-state index in [1.807, 2.05) is 11.6 Å². The molecular weight excluding hydrogens is 469 g/mol. The largest absolute Gasteiger partial charge is 0.420 e. The number of rotatable bonds is 5. The summed E-state index contributed by atoms with van der Waals surface area (Å²) in [5.74, 6) is 1.58. The summed E-state index contributed by atoms with van der Waals surface area (Å²) in [7, 11) is 1.85. The molecule has 4 heterocycles. The fourth-order valence-electron chi connectivity index (χ4n) is 6.29. The first kappa shape index (κ1) is 23.7. The number of nitrogens with zero attached hydrogens (tertiary/aromatic N) is 5. The molecule has 3 fully saturated rings. The monoisotopic (exact) mass is 500 g/mol. The number of benzene rings is 1. The van der Waals surface area contributed by atoms with E-state index in [9.17, 15) is 13.2 Å². The third-order valence-corrected chi connectivity index (χ3v) is 8.15. The van der Waals surface area contributed by atoms with Gasteiger partial charge >= 0.3 is 6.18 Å². The maximum absolute atomic E-state index is 14.1. The van der Waals surface area contributed by atoms with Crippen molar-refractivity contribution in [2.75, 3.05) is 38.2 Å². The van der Waals surface area contributed by atoms with Crippen molar-refractivity contribution in [1.29, 1.82) is 0 Å². The van der Waals surface area contributed by atoms with E-state index in [-0.39, 0.29) is 17.6 Å². The van der Waals surface area contributed by atoms with Crippen LogP contribution >= 0.6 is 0 Å². The summed E-state index contributed by atoms with van der Waals surface area (Å²) in [5, 5.41) is 11.3. The van der Waals surface area contributed by atoms with Crippen LogP contribution in [0.25, 0.3) is 22.3 Å². The van der Waals surface area contributed by atoms with Gasteiger partial charge in [-0.25, -0.2) is 4.98 Å². The lowest BCUT2D eigenvalue weighted by Gasteiger charge is -2.28. The zero-order valence-electron chi connectivity index (χ0n) is 20.3. The minimum atomic E-state index is -4.53. The predicted octanol–water partition coefficient (Wildman–Crippen LogP) is 4.60. The number of imidazole rings is 1. The Morgan fingerprint density at radius 2 is 1.81 bits per heavy atom. The van der Waals surface area contributed by atoms with Crippen LogP contribution in [0.1, 0.15) is 31.2 Å². The van der Waals surface area contributed by atoms with Gasteiger partial charge in [-0.05, 0) is 61.6 Å². The van der Waals surface area contributed by atoms with E-state index in [0.29, 0.717) is 23.3 Å². The van der Waals surface area contributed by atoms with Gasteiger partial charge < -0.3 is 19.5 Å². The Labute approximate surface area is 208 Å². The van der Waals surface area contributed by atoms with E-state index in [2.05, 4.69) is 25.4 Å². The third kappa shape index (κ3) is 4.68. The van der Waals surface area contributed by atoms with Gasteiger partial charge in [-0.15, -0.1) is 10.2 Å². The first-order chi connectivity index (χ1) is 17.3. The highest BCUT2D eigenvalue weighted by molar-refractivity contribution is 5.81. The number of likely N-dealkylation sites (tertiary alicyclic amines) is 1. The second kappa shape index (κ2) is 9.30. The van der Waals surface area contributed by atoms with Crippen molar-refractivity contribution in [3.63, 3.8) is 0 Å². The summed E-state index contributed by atoms with van der Waals surface area (Å²) in [6.45, 7) is 4.90. The Kier molecular flexibility index (Phi) is 6.11. The van der Waals surface area contributed by atoms with Gasteiger partial charge in [0.25, 0.3) is 0 Å². The molecule has 7 nitrogen and oxygen atoms in total. The number of fused-ring (bicyclic) bond motifs is 2. The first-order valence-corrected chi connectivity index (χ1v) is 12.8. The van der Waals surface area contributed by atoms with Gasteiger partial charge in [0, 0.05) is 51.5 Å². The molecule has 2 atom stereocenters. The molecule has 10 heteroatoms. The molecule has 1 aliphatic carbocycles. The molecule has 1 aromatic carbocycles. The summed E-state index contributed by atoms with van der Waals surface area (Å²) >= 11 is 0. The van der Waals surface area contributed by atoms with E-state index in [1.54, 1.807) is 24.5 Å². The molecule has 0 radical (unpaired) electrons. The van der Waals surface area contributed by atoms with Crippen LogP contribution < -0.4 is 5.32 Å². The van der Waals surface area contributed by atoms with Crippen LogP contribution in [0.15, 0.2) is 30.6 Å². The molecule has 3 aliphatic rings. The SMILES string of the molecule is Cn1cnc2ccc(-c3cc(C(F)(F)F)c(NC4CC5CN(CC6CCOCC6)CC5C4)nn3)cc21. The van der Waals surface area contributed by atoms with E-state index < -0.39 is 11.7 Å². The highest BCUT2D eigenvalue weighted by Crippen LogP contribution is 2.42. The zero-order valence-corrected chi connectivity index (χ0v) is 20.3. The van der Waals surface area contributed by atoms with Crippen LogP contribution in [0.5, 0.6) is 0 Å². The van der Waals surface area contributed by atoms with Gasteiger partial charge in [0.15, 0.2) is 5.82 Å². The molecule has 2 aliphatic heterocycles. The van der Waals surface area contributed by atoms with Crippen LogP contribution in [-0.4, -0.2) is 63.5 Å². The fourth-order valence-corrected chi connectivity index (χ4v) is 6.29. The second-order valence-corrected chi connectivity index (χ2v) is 10.7. The smallest absolute Gasteiger partial charge is 0.381 e. The van der Waals surface area contributed by atoms with Crippen molar-refractivity contribution in [3.8, 4) is 11.3 Å². The second-order valence-electron chi connectivity index (χ2n) is 10.7. The Bertz CT molecular complexity index is 1220. The zero-order chi connectivity index (χ0) is 24.9. The lowest BCUT2D eigenvalue weighted by atomic mass is 10.00. The topological polar surface area (TPSA) is 68.1 Å². The Hall–Kier alpha value is -2.72. The van der Waals surface area contributed by atoms with Gasteiger partial charge in [0.2, 0.25) is 0 Å². The number of hydrogen-bond acceptors (Lipinski definition) is 6. The van der Waals surface area contributed by atoms with Crippen molar-refractivity contribution < 1.29 is 17.9 Å². The molecule has 2 saturated heterocycles. The first-order valence-electron chi connectivity index (χ1n) is 12.8. The number of aryl methyl sites for hydroxylation is 1. The summed E-state index contributed by atoms with van der Waals surface area (Å²) in [6.07, 6.45) is 1.13. The minimum absolute atomic E-state index is 0.0164. The van der Waals surface area contributed by atoms with Crippen molar-refractivity contribution in [2.45, 2.75) is 37.9 Å². The molecule has 0 spiro atoms. The summed E-state index contributed by atoms with van der Waals surface area (Å²) in [6, 6.07) is 6.41. The van der Waals surface area contributed by atoms with Gasteiger partial charge in [-0.1, -0.05) is 6.07 Å². The quantitative estimate of drug-likeness (QED) is 0.553. The number of ether oxygens (including phenoxy) is 1. The molecule has 6 rings (SSSR count). The van der Waals surface area contributed by atoms with Gasteiger partial charge in [0.1, 0.15) is 5.56 Å². The maximum Gasteiger partial charge on any atom is 0.420 e. The van der Waals surface area contributed by atoms with Crippen LogP contribution in [-0.2, 0) is 18.0 Å². The van der Waals surface area contributed by atoms with Crippen molar-refractivity contribution in [2.24, 2.45) is 24.8 Å². The Balaban J connectivity index is 1.15. The molecule has 2 unspecified atom stereocenters. The highest BCUT2D eigenvalue weighted by atomic mass is 19.4. The molecule has 1 saturated carbocycles. The molecule has 1 N–H and O–H groups in total. The molecule has 0 bridgehead atoms. The van der Waals surface area contributed by atoms with Crippen LogP contribution in [0.2, 0.25) is 0 Å². The normalized spacial score (nSPS) is 25.5. The van der Waals surface area contributed by atoms with Crippen molar-refractivity contribution in [1.82, 2.24) is 24.6 Å². The maximum atomic E-state index is 14.1. The molecule has 192 valence electrons. The molecule has 0 amide bonds. The lowest BCUT2D eigenvalue weighted by Crippen LogP contribution is -2.32. The molecule has 3 aromatic rings. The Morgan fingerprint density at radius 3 is 2.53 bits per heavy atom. The van der Waals surface area contributed by atoms with E-state index in [4.69, 9.17) is 4.74 Å². The van der Waals surface area contributed by atoms with Crippen molar-refractivity contribution >= 4 is 16.9 Å². The lowest BCUT2D eigenvalue weighted by molar-refractivity contribution is -0.137. The number of anilines is 1. The van der Waals surface area contributed by atoms with E-state index in [1.165, 1.54) is 0 Å².